The first-order valence-corrected chi connectivity index (χ1v) is 7.40. The number of hydrogen-bond acceptors (Lipinski definition) is 2. The first-order chi connectivity index (χ1) is 9.13. The highest BCUT2D eigenvalue weighted by atomic mass is 35.5. The van der Waals surface area contributed by atoms with E-state index in [1.807, 2.05) is 4.90 Å². The number of benzene rings is 1. The van der Waals surface area contributed by atoms with Gasteiger partial charge in [0.2, 0.25) is 0 Å². The van der Waals surface area contributed by atoms with Crippen LogP contribution in [0.5, 0.6) is 5.75 Å². The van der Waals surface area contributed by atoms with E-state index >= 15 is 0 Å². The van der Waals surface area contributed by atoms with Crippen LogP contribution in [0.4, 0.5) is 0 Å². The van der Waals surface area contributed by atoms with E-state index in [9.17, 15) is 9.90 Å². The maximum absolute atomic E-state index is 12.5. The summed E-state index contributed by atoms with van der Waals surface area (Å²) in [5, 5.41) is 9.60. The average molecular weight is 302 g/mol. The predicted octanol–water partition coefficient (Wildman–Crippen LogP) is 3.67. The van der Waals surface area contributed by atoms with Gasteiger partial charge in [-0.05, 0) is 31.0 Å². The van der Waals surface area contributed by atoms with Crippen molar-refractivity contribution in [2.45, 2.75) is 31.7 Å². The Bertz CT molecular complexity index is 459. The Labute approximate surface area is 123 Å². The minimum atomic E-state index is -0.0607. The van der Waals surface area contributed by atoms with E-state index in [1.165, 1.54) is 12.1 Å². The predicted molar refractivity (Wildman–Crippen MR) is 77.1 cm³/mol. The monoisotopic (exact) mass is 301 g/mol. The molecule has 0 aromatic heterocycles. The Kier molecular flexibility index (Phi) is 4.94. The van der Waals surface area contributed by atoms with E-state index in [4.69, 9.17) is 23.2 Å². The third kappa shape index (κ3) is 3.34. The fraction of sp³-hybridized carbons (Fsp3) is 0.500. The van der Waals surface area contributed by atoms with Gasteiger partial charge in [0.1, 0.15) is 5.75 Å². The van der Waals surface area contributed by atoms with Gasteiger partial charge in [-0.15, -0.1) is 11.6 Å². The molecule has 1 aromatic rings. The molecule has 1 N–H and O–H groups in total. The van der Waals surface area contributed by atoms with E-state index in [0.29, 0.717) is 18.0 Å². The fourth-order valence-electron chi connectivity index (χ4n) is 2.56. The number of aromatic hydroxyl groups is 1. The quantitative estimate of drug-likeness (QED) is 0.862. The van der Waals surface area contributed by atoms with Crippen LogP contribution in [0.25, 0.3) is 0 Å². The van der Waals surface area contributed by atoms with Gasteiger partial charge in [0.15, 0.2) is 0 Å². The molecule has 0 bridgehead atoms. The standard InChI is InChI=1S/C14H17Cl2NO2/c15-7-8-17(11-3-1-2-4-11)14(19)10-5-6-13(18)12(16)9-10/h5-6,9,11,18H,1-4,7-8H2. The van der Waals surface area contributed by atoms with E-state index in [2.05, 4.69) is 0 Å². The van der Waals surface area contributed by atoms with E-state index in [-0.39, 0.29) is 22.7 Å². The lowest BCUT2D eigenvalue weighted by Crippen LogP contribution is -2.40. The van der Waals surface area contributed by atoms with Crippen molar-refractivity contribution >= 4 is 29.1 Å². The summed E-state index contributed by atoms with van der Waals surface area (Å²) in [4.78, 5) is 14.3. The lowest BCUT2D eigenvalue weighted by atomic mass is 10.1. The van der Waals surface area contributed by atoms with Gasteiger partial charge in [0.25, 0.3) is 5.91 Å². The zero-order valence-electron chi connectivity index (χ0n) is 10.6. The number of carbonyl (C=O) groups is 1. The van der Waals surface area contributed by atoms with Gasteiger partial charge in [0, 0.05) is 24.0 Å². The number of alkyl halides is 1. The number of halogens is 2. The molecule has 19 heavy (non-hydrogen) atoms. The van der Waals surface area contributed by atoms with Crippen LogP contribution in [0, 0.1) is 0 Å². The number of amides is 1. The Morgan fingerprint density at radius 2 is 2.05 bits per heavy atom. The Hall–Kier alpha value is -0.930. The van der Waals surface area contributed by atoms with Gasteiger partial charge in [-0.2, -0.15) is 0 Å². The second-order valence-electron chi connectivity index (χ2n) is 4.79. The van der Waals surface area contributed by atoms with Gasteiger partial charge in [-0.1, -0.05) is 24.4 Å². The van der Waals surface area contributed by atoms with Gasteiger partial charge >= 0.3 is 0 Å². The maximum Gasteiger partial charge on any atom is 0.254 e. The molecule has 0 unspecified atom stereocenters. The highest BCUT2D eigenvalue weighted by Crippen LogP contribution is 2.27. The van der Waals surface area contributed by atoms with Crippen LogP contribution >= 0.6 is 23.2 Å². The number of phenols is 1. The number of carbonyl (C=O) groups excluding carboxylic acids is 1. The molecular weight excluding hydrogens is 285 g/mol. The number of rotatable bonds is 4. The van der Waals surface area contributed by atoms with Crippen molar-refractivity contribution in [3.05, 3.63) is 28.8 Å². The van der Waals surface area contributed by atoms with Crippen molar-refractivity contribution in [2.75, 3.05) is 12.4 Å². The highest BCUT2D eigenvalue weighted by molar-refractivity contribution is 6.32. The molecule has 0 aliphatic heterocycles. The second kappa shape index (κ2) is 6.49. The lowest BCUT2D eigenvalue weighted by molar-refractivity contribution is 0.0695. The van der Waals surface area contributed by atoms with Crippen molar-refractivity contribution in [3.8, 4) is 5.75 Å². The molecule has 5 heteroatoms. The molecule has 0 radical (unpaired) electrons. The van der Waals surface area contributed by atoms with Crippen LogP contribution in [0.3, 0.4) is 0 Å². The molecule has 0 saturated heterocycles. The summed E-state index contributed by atoms with van der Waals surface area (Å²) >= 11 is 11.7. The van der Waals surface area contributed by atoms with E-state index < -0.39 is 0 Å². The first-order valence-electron chi connectivity index (χ1n) is 6.49. The fourth-order valence-corrected chi connectivity index (χ4v) is 2.93. The average Bonchev–Trinajstić information content (AvgIpc) is 2.92. The summed E-state index contributed by atoms with van der Waals surface area (Å²) < 4.78 is 0. The van der Waals surface area contributed by atoms with Gasteiger partial charge in [0.05, 0.1) is 5.02 Å². The largest absolute Gasteiger partial charge is 0.506 e. The Balaban J connectivity index is 2.20. The summed E-state index contributed by atoms with van der Waals surface area (Å²) in [7, 11) is 0. The highest BCUT2D eigenvalue weighted by Gasteiger charge is 2.27. The molecule has 0 atom stereocenters. The summed E-state index contributed by atoms with van der Waals surface area (Å²) in [6.45, 7) is 0.545. The first kappa shape index (κ1) is 14.5. The SMILES string of the molecule is O=C(c1ccc(O)c(Cl)c1)N(CCCl)C1CCCC1. The molecule has 1 aliphatic carbocycles. The van der Waals surface area contributed by atoms with Crippen LogP contribution in [0.1, 0.15) is 36.0 Å². The molecule has 0 heterocycles. The number of nitrogens with zero attached hydrogens (tertiary/aromatic N) is 1. The molecule has 1 saturated carbocycles. The Morgan fingerprint density at radius 3 is 2.63 bits per heavy atom. The van der Waals surface area contributed by atoms with Crippen molar-refractivity contribution in [3.63, 3.8) is 0 Å². The zero-order valence-corrected chi connectivity index (χ0v) is 12.1. The van der Waals surface area contributed by atoms with Crippen molar-refractivity contribution in [2.24, 2.45) is 0 Å². The number of phenolic OH excluding ortho intramolecular Hbond substituents is 1. The van der Waals surface area contributed by atoms with Crippen molar-refractivity contribution < 1.29 is 9.90 Å². The molecule has 0 spiro atoms. The van der Waals surface area contributed by atoms with Gasteiger partial charge in [-0.3, -0.25) is 4.79 Å². The van der Waals surface area contributed by atoms with Crippen LogP contribution in [-0.4, -0.2) is 34.4 Å². The second-order valence-corrected chi connectivity index (χ2v) is 5.58. The molecule has 104 valence electrons. The van der Waals surface area contributed by atoms with Crippen LogP contribution in [-0.2, 0) is 0 Å². The van der Waals surface area contributed by atoms with Crippen LogP contribution in [0.15, 0.2) is 18.2 Å². The van der Waals surface area contributed by atoms with Gasteiger partial charge in [-0.25, -0.2) is 0 Å². The topological polar surface area (TPSA) is 40.5 Å². The summed E-state index contributed by atoms with van der Waals surface area (Å²) in [5.41, 5.74) is 0.500. The molecule has 1 aromatic carbocycles. The molecule has 2 rings (SSSR count). The van der Waals surface area contributed by atoms with Crippen molar-refractivity contribution in [1.82, 2.24) is 4.90 Å². The maximum atomic E-state index is 12.5. The Morgan fingerprint density at radius 1 is 1.37 bits per heavy atom. The zero-order chi connectivity index (χ0) is 13.8. The minimum absolute atomic E-state index is 0.0111. The minimum Gasteiger partial charge on any atom is -0.506 e. The lowest BCUT2D eigenvalue weighted by Gasteiger charge is -2.28. The van der Waals surface area contributed by atoms with Crippen LogP contribution in [0.2, 0.25) is 5.02 Å². The normalized spacial score (nSPS) is 15.7. The van der Waals surface area contributed by atoms with Crippen molar-refractivity contribution in [1.29, 1.82) is 0 Å². The molecule has 1 aliphatic rings. The summed E-state index contributed by atoms with van der Waals surface area (Å²) in [5.74, 6) is 0.353. The molecule has 1 amide bonds. The third-order valence-electron chi connectivity index (χ3n) is 3.55. The molecule has 1 fully saturated rings. The molecule has 3 nitrogen and oxygen atoms in total. The van der Waals surface area contributed by atoms with Crippen LogP contribution < -0.4 is 0 Å². The summed E-state index contributed by atoms with van der Waals surface area (Å²) in [6, 6.07) is 4.83. The summed E-state index contributed by atoms with van der Waals surface area (Å²) in [6.07, 6.45) is 4.39. The van der Waals surface area contributed by atoms with E-state index in [0.717, 1.165) is 25.7 Å². The third-order valence-corrected chi connectivity index (χ3v) is 4.02. The van der Waals surface area contributed by atoms with E-state index in [1.54, 1.807) is 6.07 Å². The molecular formula is C14H17Cl2NO2. The van der Waals surface area contributed by atoms with Gasteiger partial charge < -0.3 is 10.0 Å². The number of hydrogen-bond donors (Lipinski definition) is 1. The smallest absolute Gasteiger partial charge is 0.254 e.